The SMILES string of the molecule is CCCN1CC[C@@H](c2ccc(NS(=O)(=O)c3ccccc3C(F)(F)F)cc2)C1. The number of rotatable bonds is 6. The molecule has 0 bridgehead atoms. The molecule has 1 aliphatic rings. The first-order valence-corrected chi connectivity index (χ1v) is 10.7. The van der Waals surface area contributed by atoms with Gasteiger partial charge in [-0.05, 0) is 61.7 Å². The molecule has 0 aromatic heterocycles. The van der Waals surface area contributed by atoms with Crippen molar-refractivity contribution < 1.29 is 21.6 Å². The number of benzene rings is 2. The number of alkyl halides is 3. The highest BCUT2D eigenvalue weighted by molar-refractivity contribution is 7.92. The maximum absolute atomic E-state index is 13.1. The molecule has 1 aliphatic heterocycles. The van der Waals surface area contributed by atoms with E-state index in [0.717, 1.165) is 50.2 Å². The molecule has 1 N–H and O–H groups in total. The van der Waals surface area contributed by atoms with Crippen molar-refractivity contribution in [2.75, 3.05) is 24.4 Å². The largest absolute Gasteiger partial charge is 0.417 e. The molecule has 4 nitrogen and oxygen atoms in total. The molecule has 8 heteroatoms. The Balaban J connectivity index is 1.76. The third kappa shape index (κ3) is 4.67. The molecular formula is C20H23F3N2O2S. The van der Waals surface area contributed by atoms with Crippen molar-refractivity contribution in [3.8, 4) is 0 Å². The summed E-state index contributed by atoms with van der Waals surface area (Å²) in [6.45, 7) is 5.22. The van der Waals surface area contributed by atoms with E-state index in [0.29, 0.717) is 5.92 Å². The predicted octanol–water partition coefficient (Wildman–Crippen LogP) is 4.71. The summed E-state index contributed by atoms with van der Waals surface area (Å²) >= 11 is 0. The number of likely N-dealkylation sites (tertiary alicyclic amines) is 1. The lowest BCUT2D eigenvalue weighted by Gasteiger charge is -2.16. The molecule has 0 unspecified atom stereocenters. The summed E-state index contributed by atoms with van der Waals surface area (Å²) in [6, 6.07) is 11.0. The maximum Gasteiger partial charge on any atom is 0.417 e. The number of hydrogen-bond acceptors (Lipinski definition) is 3. The zero-order valence-electron chi connectivity index (χ0n) is 15.5. The summed E-state index contributed by atoms with van der Waals surface area (Å²) in [7, 11) is -4.35. The van der Waals surface area contributed by atoms with Crippen LogP contribution in [0, 0.1) is 0 Å². The first kappa shape index (κ1) is 20.7. The highest BCUT2D eigenvalue weighted by Crippen LogP contribution is 2.35. The van der Waals surface area contributed by atoms with Crippen LogP contribution in [0.15, 0.2) is 53.4 Å². The summed E-state index contributed by atoms with van der Waals surface area (Å²) < 4.78 is 66.7. The standard InChI is InChI=1S/C20H23F3N2O2S/c1-2-12-25-13-11-16(14-25)15-7-9-17(10-8-15)24-28(26,27)19-6-4-3-5-18(19)20(21,22)23/h3-10,16,24H,2,11-14H2,1H3/t16-/m1/s1. The molecule has 2 aromatic rings. The third-order valence-corrected chi connectivity index (χ3v) is 6.37. The Morgan fingerprint density at radius 3 is 2.43 bits per heavy atom. The quantitative estimate of drug-likeness (QED) is 0.748. The molecule has 0 saturated carbocycles. The lowest BCUT2D eigenvalue weighted by atomic mass is 9.98. The third-order valence-electron chi connectivity index (χ3n) is 4.93. The van der Waals surface area contributed by atoms with Gasteiger partial charge in [0.1, 0.15) is 0 Å². The fraction of sp³-hybridized carbons (Fsp3) is 0.400. The van der Waals surface area contributed by atoms with Gasteiger partial charge in [-0.3, -0.25) is 4.72 Å². The van der Waals surface area contributed by atoms with E-state index >= 15 is 0 Å². The van der Waals surface area contributed by atoms with Crippen LogP contribution in [-0.2, 0) is 16.2 Å². The van der Waals surface area contributed by atoms with Crippen LogP contribution in [0.4, 0.5) is 18.9 Å². The highest BCUT2D eigenvalue weighted by atomic mass is 32.2. The van der Waals surface area contributed by atoms with Crippen LogP contribution in [0.5, 0.6) is 0 Å². The molecule has 28 heavy (non-hydrogen) atoms. The van der Waals surface area contributed by atoms with Gasteiger partial charge >= 0.3 is 6.18 Å². The zero-order valence-corrected chi connectivity index (χ0v) is 16.4. The van der Waals surface area contributed by atoms with Gasteiger partial charge in [0.2, 0.25) is 0 Å². The van der Waals surface area contributed by atoms with Crippen LogP contribution in [0.25, 0.3) is 0 Å². The minimum absolute atomic E-state index is 0.240. The summed E-state index contributed by atoms with van der Waals surface area (Å²) in [4.78, 5) is 1.62. The molecule has 152 valence electrons. The monoisotopic (exact) mass is 412 g/mol. The average Bonchev–Trinajstić information content (AvgIpc) is 3.10. The van der Waals surface area contributed by atoms with Crippen molar-refractivity contribution in [1.29, 1.82) is 0 Å². The molecule has 0 radical (unpaired) electrons. The van der Waals surface area contributed by atoms with Crippen LogP contribution in [0.2, 0.25) is 0 Å². The minimum Gasteiger partial charge on any atom is -0.303 e. The van der Waals surface area contributed by atoms with E-state index in [1.165, 1.54) is 12.1 Å². The molecule has 0 amide bonds. The number of anilines is 1. The summed E-state index contributed by atoms with van der Waals surface area (Å²) in [5.74, 6) is 0.392. The predicted molar refractivity (Wildman–Crippen MR) is 103 cm³/mol. The van der Waals surface area contributed by atoms with Gasteiger partial charge in [0, 0.05) is 12.2 Å². The van der Waals surface area contributed by atoms with Crippen molar-refractivity contribution in [1.82, 2.24) is 4.90 Å². The van der Waals surface area contributed by atoms with Gasteiger partial charge in [-0.15, -0.1) is 0 Å². The lowest BCUT2D eigenvalue weighted by molar-refractivity contribution is -0.139. The first-order valence-electron chi connectivity index (χ1n) is 9.22. The Labute approximate surface area is 163 Å². The van der Waals surface area contributed by atoms with Crippen LogP contribution in [-0.4, -0.2) is 33.0 Å². The van der Waals surface area contributed by atoms with Gasteiger partial charge in [-0.2, -0.15) is 13.2 Å². The van der Waals surface area contributed by atoms with Crippen molar-refractivity contribution in [2.24, 2.45) is 0 Å². The summed E-state index contributed by atoms with van der Waals surface area (Å²) in [5.41, 5.74) is 0.169. The van der Waals surface area contributed by atoms with Crippen molar-refractivity contribution in [3.05, 3.63) is 59.7 Å². The molecule has 1 saturated heterocycles. The topological polar surface area (TPSA) is 49.4 Å². The molecule has 1 heterocycles. The summed E-state index contributed by atoms with van der Waals surface area (Å²) in [5, 5.41) is 0. The second-order valence-corrected chi connectivity index (χ2v) is 8.66. The molecule has 1 fully saturated rings. The zero-order chi connectivity index (χ0) is 20.4. The number of hydrogen-bond donors (Lipinski definition) is 1. The Morgan fingerprint density at radius 2 is 1.79 bits per heavy atom. The van der Waals surface area contributed by atoms with Crippen molar-refractivity contribution >= 4 is 15.7 Å². The van der Waals surface area contributed by atoms with Crippen LogP contribution in [0.3, 0.4) is 0 Å². The van der Waals surface area contributed by atoms with E-state index in [9.17, 15) is 21.6 Å². The number of nitrogens with zero attached hydrogens (tertiary/aromatic N) is 1. The Morgan fingerprint density at radius 1 is 1.11 bits per heavy atom. The van der Waals surface area contributed by atoms with Crippen LogP contribution >= 0.6 is 0 Å². The highest BCUT2D eigenvalue weighted by Gasteiger charge is 2.36. The average molecular weight is 412 g/mol. The molecular weight excluding hydrogens is 389 g/mol. The van der Waals surface area contributed by atoms with Crippen molar-refractivity contribution in [2.45, 2.75) is 36.8 Å². The van der Waals surface area contributed by atoms with E-state index in [-0.39, 0.29) is 5.69 Å². The van der Waals surface area contributed by atoms with Gasteiger partial charge < -0.3 is 4.90 Å². The van der Waals surface area contributed by atoms with E-state index in [1.807, 2.05) is 12.1 Å². The lowest BCUT2D eigenvalue weighted by Crippen LogP contribution is -2.21. The summed E-state index contributed by atoms with van der Waals surface area (Å²) in [6.07, 6.45) is -2.60. The number of sulfonamides is 1. The van der Waals surface area contributed by atoms with Crippen LogP contribution in [0.1, 0.15) is 36.8 Å². The second-order valence-electron chi connectivity index (χ2n) is 7.01. The van der Waals surface area contributed by atoms with E-state index < -0.39 is 26.7 Å². The Bertz CT molecular complexity index is 912. The molecule has 1 atom stereocenters. The fourth-order valence-corrected chi connectivity index (χ4v) is 4.88. The molecule has 0 aliphatic carbocycles. The van der Waals surface area contributed by atoms with Crippen LogP contribution < -0.4 is 4.72 Å². The van der Waals surface area contributed by atoms with Gasteiger partial charge in [0.25, 0.3) is 10.0 Å². The van der Waals surface area contributed by atoms with Gasteiger partial charge in [0.05, 0.1) is 10.5 Å². The maximum atomic E-state index is 13.1. The van der Waals surface area contributed by atoms with Crippen molar-refractivity contribution in [3.63, 3.8) is 0 Å². The number of nitrogens with one attached hydrogen (secondary N) is 1. The molecule has 3 rings (SSSR count). The fourth-order valence-electron chi connectivity index (χ4n) is 3.59. The number of halogens is 3. The first-order chi connectivity index (χ1) is 13.2. The normalized spacial score (nSPS) is 18.4. The van der Waals surface area contributed by atoms with E-state index in [1.54, 1.807) is 12.1 Å². The Kier molecular flexibility index (Phi) is 6.00. The van der Waals surface area contributed by atoms with E-state index in [4.69, 9.17) is 0 Å². The Hall–Kier alpha value is -2.06. The van der Waals surface area contributed by atoms with Gasteiger partial charge in [-0.1, -0.05) is 31.2 Å². The smallest absolute Gasteiger partial charge is 0.303 e. The van der Waals surface area contributed by atoms with E-state index in [2.05, 4.69) is 16.5 Å². The minimum atomic E-state index is -4.75. The van der Waals surface area contributed by atoms with Gasteiger partial charge in [-0.25, -0.2) is 8.42 Å². The molecule has 0 spiro atoms. The molecule has 2 aromatic carbocycles. The van der Waals surface area contributed by atoms with Gasteiger partial charge in [0.15, 0.2) is 0 Å². The second kappa shape index (κ2) is 8.13.